The molecule has 90 valence electrons. The number of hydrogen-bond acceptors (Lipinski definition) is 4. The second-order valence-electron chi connectivity index (χ2n) is 4.63. The van der Waals surface area contributed by atoms with Crippen LogP contribution in [0.1, 0.15) is 37.2 Å². The highest BCUT2D eigenvalue weighted by molar-refractivity contribution is 7.09. The number of likely N-dealkylation sites (N-methyl/N-ethyl adjacent to an activating group) is 1. The monoisotopic (exact) mass is 239 g/mol. The van der Waals surface area contributed by atoms with E-state index in [1.54, 1.807) is 11.3 Å². The predicted molar refractivity (Wildman–Crippen MR) is 68.8 cm³/mol. The Morgan fingerprint density at radius 3 is 3.12 bits per heavy atom. The first-order chi connectivity index (χ1) is 7.77. The van der Waals surface area contributed by atoms with Crippen molar-refractivity contribution >= 4 is 11.3 Å². The molecule has 2 heterocycles. The zero-order valence-electron chi connectivity index (χ0n) is 10.1. The Morgan fingerprint density at radius 1 is 1.62 bits per heavy atom. The van der Waals surface area contributed by atoms with E-state index in [0.717, 1.165) is 6.54 Å². The van der Waals surface area contributed by atoms with E-state index >= 15 is 0 Å². The predicted octanol–water partition coefficient (Wildman–Crippen LogP) is 2.28. The lowest BCUT2D eigenvalue weighted by atomic mass is 10.0. The Bertz CT molecular complexity index is 293. The first kappa shape index (κ1) is 12.0. The summed E-state index contributed by atoms with van der Waals surface area (Å²) < 4.78 is 0. The number of rotatable bonds is 4. The summed E-state index contributed by atoms with van der Waals surface area (Å²) in [5.41, 5.74) is 0. The fourth-order valence-corrected chi connectivity index (χ4v) is 2.97. The lowest BCUT2D eigenvalue weighted by Gasteiger charge is -2.30. The molecular weight excluding hydrogens is 218 g/mol. The van der Waals surface area contributed by atoms with Gasteiger partial charge >= 0.3 is 0 Å². The van der Waals surface area contributed by atoms with Gasteiger partial charge in [-0.1, -0.05) is 6.42 Å². The van der Waals surface area contributed by atoms with Crippen molar-refractivity contribution in [2.24, 2.45) is 0 Å². The van der Waals surface area contributed by atoms with Crippen molar-refractivity contribution in [3.05, 3.63) is 16.6 Å². The lowest BCUT2D eigenvalue weighted by molar-refractivity contribution is 0.214. The molecule has 2 rings (SSSR count). The van der Waals surface area contributed by atoms with Crippen LogP contribution in [0.25, 0.3) is 0 Å². The van der Waals surface area contributed by atoms with Crippen molar-refractivity contribution in [2.75, 3.05) is 20.1 Å². The molecule has 1 aromatic heterocycles. The van der Waals surface area contributed by atoms with Crippen LogP contribution in [-0.4, -0.2) is 36.1 Å². The third-order valence-corrected chi connectivity index (χ3v) is 4.34. The summed E-state index contributed by atoms with van der Waals surface area (Å²) in [4.78, 5) is 6.79. The molecule has 2 atom stereocenters. The maximum Gasteiger partial charge on any atom is 0.109 e. The highest BCUT2D eigenvalue weighted by atomic mass is 32.1. The fraction of sp³-hybridized carbons (Fsp3) is 0.750. The molecule has 1 fully saturated rings. The van der Waals surface area contributed by atoms with Gasteiger partial charge in [-0.05, 0) is 33.4 Å². The van der Waals surface area contributed by atoms with E-state index < -0.39 is 0 Å². The number of piperidine rings is 1. The zero-order valence-corrected chi connectivity index (χ0v) is 11.0. The normalized spacial score (nSPS) is 23.6. The second kappa shape index (κ2) is 5.75. The number of hydrogen-bond donors (Lipinski definition) is 1. The SMILES string of the molecule is CC(c1nccs1)N(C)CC1CCCCN1. The first-order valence-corrected chi connectivity index (χ1v) is 6.98. The van der Waals surface area contributed by atoms with Crippen LogP contribution >= 0.6 is 11.3 Å². The lowest BCUT2D eigenvalue weighted by Crippen LogP contribution is -2.43. The van der Waals surface area contributed by atoms with Gasteiger partial charge in [0.05, 0.1) is 6.04 Å². The molecule has 4 heteroatoms. The van der Waals surface area contributed by atoms with E-state index in [2.05, 4.69) is 34.6 Å². The zero-order chi connectivity index (χ0) is 11.4. The minimum absolute atomic E-state index is 0.434. The first-order valence-electron chi connectivity index (χ1n) is 6.10. The van der Waals surface area contributed by atoms with Gasteiger partial charge in [0.2, 0.25) is 0 Å². The maximum atomic E-state index is 4.39. The second-order valence-corrected chi connectivity index (χ2v) is 5.56. The number of thiazole rings is 1. The topological polar surface area (TPSA) is 28.2 Å². The number of nitrogens with zero attached hydrogens (tertiary/aromatic N) is 2. The average Bonchev–Trinajstić information content (AvgIpc) is 2.83. The highest BCUT2D eigenvalue weighted by Gasteiger charge is 2.19. The molecule has 0 aliphatic carbocycles. The number of nitrogens with one attached hydrogen (secondary N) is 1. The molecule has 0 bridgehead atoms. The number of aromatic nitrogens is 1. The third-order valence-electron chi connectivity index (χ3n) is 3.39. The highest BCUT2D eigenvalue weighted by Crippen LogP contribution is 2.21. The molecule has 1 aliphatic rings. The van der Waals surface area contributed by atoms with E-state index in [4.69, 9.17) is 0 Å². The van der Waals surface area contributed by atoms with Crippen LogP contribution in [0.4, 0.5) is 0 Å². The Kier molecular flexibility index (Phi) is 4.32. The summed E-state index contributed by atoms with van der Waals surface area (Å²) in [6.07, 6.45) is 5.91. The standard InChI is InChI=1S/C12H21N3S/c1-10(12-14-7-8-16-12)15(2)9-11-5-3-4-6-13-11/h7-8,10-11,13H,3-6,9H2,1-2H3. The molecule has 0 saturated carbocycles. The molecule has 2 unspecified atom stereocenters. The van der Waals surface area contributed by atoms with Gasteiger partial charge in [-0.15, -0.1) is 11.3 Å². The van der Waals surface area contributed by atoms with Gasteiger partial charge in [0, 0.05) is 24.2 Å². The van der Waals surface area contributed by atoms with E-state index in [0.29, 0.717) is 12.1 Å². The fourth-order valence-electron chi connectivity index (χ4n) is 2.21. The van der Waals surface area contributed by atoms with Gasteiger partial charge in [0.15, 0.2) is 0 Å². The summed E-state index contributed by atoms with van der Waals surface area (Å²) in [7, 11) is 2.20. The summed E-state index contributed by atoms with van der Waals surface area (Å²) in [6, 6.07) is 1.10. The molecule has 1 aliphatic heterocycles. The third kappa shape index (κ3) is 3.03. The maximum absolute atomic E-state index is 4.39. The molecule has 1 N–H and O–H groups in total. The summed E-state index contributed by atoms with van der Waals surface area (Å²) in [6.45, 7) is 4.55. The van der Waals surface area contributed by atoms with Gasteiger partial charge in [0.25, 0.3) is 0 Å². The van der Waals surface area contributed by atoms with Crippen molar-refractivity contribution in [3.63, 3.8) is 0 Å². The van der Waals surface area contributed by atoms with Crippen LogP contribution in [0, 0.1) is 0 Å². The van der Waals surface area contributed by atoms with Crippen molar-refractivity contribution in [3.8, 4) is 0 Å². The van der Waals surface area contributed by atoms with Crippen LogP contribution in [0.3, 0.4) is 0 Å². The van der Waals surface area contributed by atoms with Crippen LogP contribution in [0.2, 0.25) is 0 Å². The molecule has 16 heavy (non-hydrogen) atoms. The Labute approximate surface area is 102 Å². The van der Waals surface area contributed by atoms with Crippen LogP contribution in [0.15, 0.2) is 11.6 Å². The van der Waals surface area contributed by atoms with Gasteiger partial charge in [-0.25, -0.2) is 4.98 Å². The summed E-state index contributed by atoms with van der Waals surface area (Å²) >= 11 is 1.75. The molecule has 1 saturated heterocycles. The largest absolute Gasteiger partial charge is 0.313 e. The summed E-state index contributed by atoms with van der Waals surface area (Å²) in [5, 5.41) is 6.87. The minimum atomic E-state index is 0.434. The van der Waals surface area contributed by atoms with Crippen LogP contribution in [-0.2, 0) is 0 Å². The Morgan fingerprint density at radius 2 is 2.50 bits per heavy atom. The molecule has 0 radical (unpaired) electrons. The van der Waals surface area contributed by atoms with Crippen LogP contribution in [0.5, 0.6) is 0 Å². The van der Waals surface area contributed by atoms with Crippen molar-refractivity contribution in [2.45, 2.75) is 38.3 Å². The van der Waals surface area contributed by atoms with Gasteiger partial charge in [-0.2, -0.15) is 0 Å². The van der Waals surface area contributed by atoms with Crippen molar-refractivity contribution < 1.29 is 0 Å². The Balaban J connectivity index is 1.84. The Hall–Kier alpha value is -0.450. The molecule has 0 spiro atoms. The molecular formula is C12H21N3S. The smallest absolute Gasteiger partial charge is 0.109 e. The molecule has 0 amide bonds. The van der Waals surface area contributed by atoms with Crippen LogP contribution < -0.4 is 5.32 Å². The van der Waals surface area contributed by atoms with E-state index in [1.165, 1.54) is 30.8 Å². The summed E-state index contributed by atoms with van der Waals surface area (Å²) in [5.74, 6) is 0. The van der Waals surface area contributed by atoms with E-state index in [9.17, 15) is 0 Å². The van der Waals surface area contributed by atoms with Crippen molar-refractivity contribution in [1.29, 1.82) is 0 Å². The molecule has 3 nitrogen and oxygen atoms in total. The quantitative estimate of drug-likeness (QED) is 0.873. The minimum Gasteiger partial charge on any atom is -0.313 e. The van der Waals surface area contributed by atoms with E-state index in [-0.39, 0.29) is 0 Å². The van der Waals surface area contributed by atoms with E-state index in [1.807, 2.05) is 6.20 Å². The average molecular weight is 239 g/mol. The van der Waals surface area contributed by atoms with Gasteiger partial charge < -0.3 is 5.32 Å². The molecule has 0 aromatic carbocycles. The molecule has 1 aromatic rings. The van der Waals surface area contributed by atoms with Gasteiger partial charge in [0.1, 0.15) is 5.01 Å². The van der Waals surface area contributed by atoms with Crippen molar-refractivity contribution in [1.82, 2.24) is 15.2 Å². The van der Waals surface area contributed by atoms with Gasteiger partial charge in [-0.3, -0.25) is 4.90 Å².